The van der Waals surface area contributed by atoms with E-state index in [1.165, 1.54) is 7.05 Å². The standard InChI is InChI=1S/C10H16F4N2O2/c1-5(2)4-6(7(17)15-3)16-9(18)10(13,14)8(11)12/h5-6,8H,4H2,1-3H3,(H,15,17)(H,16,18). The van der Waals surface area contributed by atoms with Gasteiger partial charge in [0, 0.05) is 7.05 Å². The van der Waals surface area contributed by atoms with Crippen LogP contribution < -0.4 is 10.6 Å². The summed E-state index contributed by atoms with van der Waals surface area (Å²) in [6.45, 7) is 3.40. The van der Waals surface area contributed by atoms with Gasteiger partial charge in [0.1, 0.15) is 6.04 Å². The van der Waals surface area contributed by atoms with E-state index in [0.29, 0.717) is 0 Å². The third-order valence-electron chi connectivity index (χ3n) is 2.15. The molecule has 106 valence electrons. The number of carbonyl (C=O) groups is 2. The van der Waals surface area contributed by atoms with Crippen LogP contribution in [0, 0.1) is 5.92 Å². The fourth-order valence-corrected chi connectivity index (χ4v) is 1.23. The second-order valence-corrected chi connectivity index (χ2v) is 4.19. The van der Waals surface area contributed by atoms with Gasteiger partial charge in [-0.1, -0.05) is 13.8 Å². The highest BCUT2D eigenvalue weighted by Crippen LogP contribution is 2.23. The monoisotopic (exact) mass is 272 g/mol. The SMILES string of the molecule is CNC(=O)C(CC(C)C)NC(=O)C(F)(F)C(F)F. The number of amides is 2. The third kappa shape index (κ3) is 4.50. The van der Waals surface area contributed by atoms with Crippen LogP contribution in [0.3, 0.4) is 0 Å². The molecule has 0 aliphatic carbocycles. The van der Waals surface area contributed by atoms with Crippen LogP contribution >= 0.6 is 0 Å². The molecule has 0 saturated heterocycles. The maximum atomic E-state index is 12.7. The number of nitrogens with one attached hydrogen (secondary N) is 2. The van der Waals surface area contributed by atoms with E-state index >= 15 is 0 Å². The van der Waals surface area contributed by atoms with Gasteiger partial charge in [-0.25, -0.2) is 8.78 Å². The second kappa shape index (κ2) is 6.55. The quantitative estimate of drug-likeness (QED) is 0.713. The Morgan fingerprint density at radius 1 is 1.22 bits per heavy atom. The molecule has 0 heterocycles. The number of hydrogen-bond acceptors (Lipinski definition) is 2. The largest absolute Gasteiger partial charge is 0.383 e. The number of likely N-dealkylation sites (N-methyl/N-ethyl adjacent to an activating group) is 1. The summed E-state index contributed by atoms with van der Waals surface area (Å²) in [5.74, 6) is -7.73. The van der Waals surface area contributed by atoms with Gasteiger partial charge in [0.25, 0.3) is 5.91 Å². The lowest BCUT2D eigenvalue weighted by atomic mass is 10.0. The summed E-state index contributed by atoms with van der Waals surface area (Å²) in [5, 5.41) is 3.81. The lowest BCUT2D eigenvalue weighted by molar-refractivity contribution is -0.170. The average Bonchev–Trinajstić information content (AvgIpc) is 2.25. The minimum absolute atomic E-state index is 0.0741. The van der Waals surface area contributed by atoms with Gasteiger partial charge in [0.2, 0.25) is 5.91 Å². The van der Waals surface area contributed by atoms with Crippen molar-refractivity contribution in [3.8, 4) is 0 Å². The van der Waals surface area contributed by atoms with Gasteiger partial charge < -0.3 is 10.6 Å². The molecule has 0 spiro atoms. The Bertz CT molecular complexity index is 308. The van der Waals surface area contributed by atoms with E-state index in [4.69, 9.17) is 0 Å². The fraction of sp³-hybridized carbons (Fsp3) is 0.800. The van der Waals surface area contributed by atoms with Crippen molar-refractivity contribution < 1.29 is 27.2 Å². The molecule has 0 aliphatic heterocycles. The van der Waals surface area contributed by atoms with Crippen LogP contribution in [0.15, 0.2) is 0 Å². The smallest absolute Gasteiger partial charge is 0.357 e. The number of halogens is 4. The van der Waals surface area contributed by atoms with Crippen molar-refractivity contribution in [2.45, 2.75) is 38.7 Å². The molecule has 0 fully saturated rings. The van der Waals surface area contributed by atoms with E-state index in [-0.39, 0.29) is 12.3 Å². The molecule has 4 nitrogen and oxygen atoms in total. The topological polar surface area (TPSA) is 58.2 Å². The van der Waals surface area contributed by atoms with Crippen LogP contribution in [0.5, 0.6) is 0 Å². The van der Waals surface area contributed by atoms with Gasteiger partial charge in [-0.2, -0.15) is 8.78 Å². The van der Waals surface area contributed by atoms with Crippen molar-refractivity contribution in [2.24, 2.45) is 5.92 Å². The zero-order chi connectivity index (χ0) is 14.5. The molecule has 2 amide bonds. The minimum Gasteiger partial charge on any atom is -0.357 e. The van der Waals surface area contributed by atoms with Gasteiger partial charge in [-0.3, -0.25) is 9.59 Å². The molecular weight excluding hydrogens is 256 g/mol. The van der Waals surface area contributed by atoms with Crippen molar-refractivity contribution in [1.82, 2.24) is 10.6 Å². The van der Waals surface area contributed by atoms with Gasteiger partial charge in [-0.15, -0.1) is 0 Å². The maximum absolute atomic E-state index is 12.7. The molecule has 0 radical (unpaired) electrons. The Hall–Kier alpha value is -1.34. The summed E-state index contributed by atoms with van der Waals surface area (Å²) in [7, 11) is 1.26. The van der Waals surface area contributed by atoms with E-state index in [9.17, 15) is 27.2 Å². The Labute approximate surface area is 102 Å². The van der Waals surface area contributed by atoms with E-state index in [1.54, 1.807) is 19.2 Å². The third-order valence-corrected chi connectivity index (χ3v) is 2.15. The molecule has 2 N–H and O–H groups in total. The first-order chi connectivity index (χ1) is 8.12. The predicted octanol–water partition coefficient (Wildman–Crippen LogP) is 1.16. The van der Waals surface area contributed by atoms with Crippen LogP contribution in [0.4, 0.5) is 17.6 Å². The van der Waals surface area contributed by atoms with Crippen LogP contribution in [0.2, 0.25) is 0 Å². The maximum Gasteiger partial charge on any atom is 0.383 e. The molecule has 0 aromatic carbocycles. The van der Waals surface area contributed by atoms with Gasteiger partial charge in [-0.05, 0) is 12.3 Å². The zero-order valence-corrected chi connectivity index (χ0v) is 10.3. The Morgan fingerprint density at radius 2 is 1.72 bits per heavy atom. The first-order valence-corrected chi connectivity index (χ1v) is 5.31. The van der Waals surface area contributed by atoms with Crippen LogP contribution in [0.1, 0.15) is 20.3 Å². The molecule has 1 atom stereocenters. The first-order valence-electron chi connectivity index (χ1n) is 5.31. The lowest BCUT2D eigenvalue weighted by Crippen LogP contribution is -2.53. The first kappa shape index (κ1) is 16.7. The summed E-state index contributed by atoms with van der Waals surface area (Å²) in [6, 6.07) is -1.26. The van der Waals surface area contributed by atoms with E-state index in [0.717, 1.165) is 0 Å². The summed E-state index contributed by atoms with van der Waals surface area (Å²) in [5.41, 5.74) is 0. The van der Waals surface area contributed by atoms with E-state index in [1.807, 2.05) is 0 Å². The van der Waals surface area contributed by atoms with Crippen molar-refractivity contribution in [3.63, 3.8) is 0 Å². The number of hydrogen-bond donors (Lipinski definition) is 2. The fourth-order valence-electron chi connectivity index (χ4n) is 1.23. The Morgan fingerprint density at radius 3 is 2.06 bits per heavy atom. The molecule has 18 heavy (non-hydrogen) atoms. The molecule has 0 aliphatic rings. The molecule has 0 saturated carbocycles. The van der Waals surface area contributed by atoms with E-state index in [2.05, 4.69) is 5.32 Å². The molecule has 0 aromatic rings. The van der Waals surface area contributed by atoms with Crippen molar-refractivity contribution in [2.75, 3.05) is 7.05 Å². The predicted molar refractivity (Wildman–Crippen MR) is 56.4 cm³/mol. The highest BCUT2D eigenvalue weighted by atomic mass is 19.3. The number of carbonyl (C=O) groups excluding carboxylic acids is 2. The van der Waals surface area contributed by atoms with Crippen LogP contribution in [0.25, 0.3) is 0 Å². The van der Waals surface area contributed by atoms with Gasteiger partial charge in [0.15, 0.2) is 0 Å². The minimum atomic E-state index is -4.80. The van der Waals surface area contributed by atoms with Gasteiger partial charge in [0.05, 0.1) is 0 Å². The van der Waals surface area contributed by atoms with Gasteiger partial charge >= 0.3 is 12.3 Å². The molecule has 0 aromatic heterocycles. The van der Waals surface area contributed by atoms with Crippen molar-refractivity contribution in [3.05, 3.63) is 0 Å². The zero-order valence-electron chi connectivity index (χ0n) is 10.3. The average molecular weight is 272 g/mol. The molecule has 8 heteroatoms. The molecule has 0 rings (SSSR count). The molecule has 0 bridgehead atoms. The van der Waals surface area contributed by atoms with E-state index < -0.39 is 30.2 Å². The second-order valence-electron chi connectivity index (χ2n) is 4.19. The van der Waals surface area contributed by atoms with Crippen LogP contribution in [-0.2, 0) is 9.59 Å². The lowest BCUT2D eigenvalue weighted by Gasteiger charge is -2.22. The summed E-state index contributed by atoms with van der Waals surface area (Å²) in [4.78, 5) is 22.3. The number of alkyl halides is 4. The van der Waals surface area contributed by atoms with Crippen molar-refractivity contribution >= 4 is 11.8 Å². The normalized spacial score (nSPS) is 13.6. The Kier molecular flexibility index (Phi) is 6.07. The molecular formula is C10H16F4N2O2. The Balaban J connectivity index is 4.78. The summed E-state index contributed by atoms with van der Waals surface area (Å²) >= 11 is 0. The van der Waals surface area contributed by atoms with Crippen molar-refractivity contribution in [1.29, 1.82) is 0 Å². The summed E-state index contributed by atoms with van der Waals surface area (Å²) < 4.78 is 49.3. The highest BCUT2D eigenvalue weighted by Gasteiger charge is 2.49. The molecule has 1 unspecified atom stereocenters. The summed E-state index contributed by atoms with van der Waals surface area (Å²) in [6.07, 6.45) is -4.04. The highest BCUT2D eigenvalue weighted by molar-refractivity contribution is 5.90. The number of rotatable bonds is 6. The van der Waals surface area contributed by atoms with Crippen LogP contribution in [-0.4, -0.2) is 37.3 Å².